The summed E-state index contributed by atoms with van der Waals surface area (Å²) in [6, 6.07) is 11.8. The van der Waals surface area contributed by atoms with Crippen LogP contribution >= 0.6 is 0 Å². The smallest absolute Gasteiger partial charge is 0.408 e. The van der Waals surface area contributed by atoms with Gasteiger partial charge in [-0.1, -0.05) is 48.5 Å². The fourth-order valence-corrected chi connectivity index (χ4v) is 4.33. The molecule has 2 rings (SSSR count). The number of nitrogens with zero attached hydrogens (tertiary/aromatic N) is 1. The van der Waals surface area contributed by atoms with Gasteiger partial charge >= 0.3 is 12.1 Å². The molecule has 0 saturated heterocycles. The molecular formula is C33H47N3O6. The van der Waals surface area contributed by atoms with Crippen molar-refractivity contribution in [3.63, 3.8) is 0 Å². The van der Waals surface area contributed by atoms with E-state index in [-0.39, 0.29) is 13.0 Å². The molecule has 0 aliphatic heterocycles. The molecule has 0 heterocycles. The molecule has 2 N–H and O–H groups in total. The first-order valence-electron chi connectivity index (χ1n) is 14.4. The Morgan fingerprint density at radius 3 is 1.95 bits per heavy atom. The van der Waals surface area contributed by atoms with Gasteiger partial charge in [0.05, 0.1) is 0 Å². The van der Waals surface area contributed by atoms with E-state index in [0.29, 0.717) is 5.56 Å². The fraction of sp³-hybridized carbons (Fsp3) is 0.515. The molecule has 3 amide bonds. The lowest BCUT2D eigenvalue weighted by molar-refractivity contribution is -0.159. The van der Waals surface area contributed by atoms with Crippen LogP contribution in [0.25, 0.3) is 0 Å². The van der Waals surface area contributed by atoms with Crippen LogP contribution < -0.4 is 10.6 Å². The van der Waals surface area contributed by atoms with E-state index in [9.17, 15) is 19.2 Å². The number of rotatable bonds is 10. The van der Waals surface area contributed by atoms with Crippen molar-refractivity contribution in [2.75, 3.05) is 6.54 Å². The first-order valence-corrected chi connectivity index (χ1v) is 14.4. The predicted molar refractivity (Wildman–Crippen MR) is 163 cm³/mol. The Morgan fingerprint density at radius 1 is 0.833 bits per heavy atom. The van der Waals surface area contributed by atoms with Crippen molar-refractivity contribution in [3.8, 4) is 0 Å². The van der Waals surface area contributed by atoms with E-state index in [0.717, 1.165) is 16.7 Å². The average Bonchev–Trinajstić information content (AvgIpc) is 2.86. The molecule has 0 radical (unpaired) electrons. The van der Waals surface area contributed by atoms with Gasteiger partial charge in [-0.05, 0) is 91.5 Å². The van der Waals surface area contributed by atoms with Gasteiger partial charge in [0.15, 0.2) is 0 Å². The van der Waals surface area contributed by atoms with Gasteiger partial charge in [-0.2, -0.15) is 0 Å². The van der Waals surface area contributed by atoms with Crippen molar-refractivity contribution in [2.24, 2.45) is 0 Å². The molecule has 0 aliphatic rings. The van der Waals surface area contributed by atoms with E-state index in [4.69, 9.17) is 9.47 Å². The van der Waals surface area contributed by atoms with Crippen LogP contribution in [0.1, 0.15) is 83.7 Å². The Morgan fingerprint density at radius 2 is 1.43 bits per heavy atom. The number of nitrogens with one attached hydrogen (secondary N) is 2. The van der Waals surface area contributed by atoms with E-state index in [1.54, 1.807) is 61.5 Å². The number of carbonyl (C=O) groups excluding carboxylic acids is 4. The second-order valence-corrected chi connectivity index (χ2v) is 12.5. The number of carbonyl (C=O) groups is 4. The summed E-state index contributed by atoms with van der Waals surface area (Å²) in [6.45, 7) is 17.8. The number of ether oxygens (including phenoxy) is 2. The highest BCUT2D eigenvalue weighted by Crippen LogP contribution is 2.25. The van der Waals surface area contributed by atoms with Crippen molar-refractivity contribution < 1.29 is 28.7 Å². The van der Waals surface area contributed by atoms with Crippen LogP contribution in [0.3, 0.4) is 0 Å². The molecule has 2 aromatic rings. The molecule has 3 unspecified atom stereocenters. The van der Waals surface area contributed by atoms with Gasteiger partial charge in [0.2, 0.25) is 11.8 Å². The van der Waals surface area contributed by atoms with Crippen LogP contribution in [0.2, 0.25) is 0 Å². The second kappa shape index (κ2) is 14.3. The van der Waals surface area contributed by atoms with Gasteiger partial charge in [0, 0.05) is 13.0 Å². The van der Waals surface area contributed by atoms with Crippen molar-refractivity contribution in [2.45, 2.75) is 105 Å². The number of hydrogen-bond acceptors (Lipinski definition) is 6. The molecule has 230 valence electrons. The SMILES string of the molecule is CCN(C(=O)C(C)NC(=O)OC(C)(C)C)C(C(=O)NC(Cc1ccccc1)C(=O)OC(C)(C)C)c1ccc(C)c(C)c1. The van der Waals surface area contributed by atoms with Crippen LogP contribution in [0.5, 0.6) is 0 Å². The van der Waals surface area contributed by atoms with Gasteiger partial charge in [-0.3, -0.25) is 9.59 Å². The minimum absolute atomic E-state index is 0.167. The fourth-order valence-electron chi connectivity index (χ4n) is 4.33. The number of hydrogen-bond donors (Lipinski definition) is 2. The van der Waals surface area contributed by atoms with Crippen LogP contribution in [0.4, 0.5) is 4.79 Å². The van der Waals surface area contributed by atoms with Crippen LogP contribution in [-0.2, 0) is 30.3 Å². The molecule has 0 bridgehead atoms. The Balaban J connectivity index is 2.47. The van der Waals surface area contributed by atoms with Crippen molar-refractivity contribution in [3.05, 3.63) is 70.8 Å². The molecule has 2 aromatic carbocycles. The lowest BCUT2D eigenvalue weighted by atomic mass is 9.97. The molecule has 0 aromatic heterocycles. The molecule has 9 nitrogen and oxygen atoms in total. The average molecular weight is 582 g/mol. The molecule has 0 aliphatic carbocycles. The van der Waals surface area contributed by atoms with Crippen molar-refractivity contribution in [1.82, 2.24) is 15.5 Å². The number of aryl methyl sites for hydroxylation is 2. The van der Waals surface area contributed by atoms with Crippen LogP contribution in [0.15, 0.2) is 48.5 Å². The van der Waals surface area contributed by atoms with Gasteiger partial charge in [-0.25, -0.2) is 9.59 Å². The maximum atomic E-state index is 14.1. The van der Waals surface area contributed by atoms with Gasteiger partial charge < -0.3 is 25.0 Å². The van der Waals surface area contributed by atoms with E-state index < -0.39 is 53.2 Å². The monoisotopic (exact) mass is 581 g/mol. The summed E-state index contributed by atoms with van der Waals surface area (Å²) in [4.78, 5) is 55.0. The number of esters is 1. The summed E-state index contributed by atoms with van der Waals surface area (Å²) in [5, 5.41) is 5.46. The normalized spacial score (nSPS) is 13.8. The summed E-state index contributed by atoms with van der Waals surface area (Å²) in [5.74, 6) is -1.59. The highest BCUT2D eigenvalue weighted by Gasteiger charge is 2.36. The maximum absolute atomic E-state index is 14.1. The second-order valence-electron chi connectivity index (χ2n) is 12.5. The minimum Gasteiger partial charge on any atom is -0.458 e. The zero-order chi connectivity index (χ0) is 31.8. The summed E-state index contributed by atoms with van der Waals surface area (Å²) < 4.78 is 11.0. The van der Waals surface area contributed by atoms with E-state index in [1.807, 2.05) is 56.3 Å². The third kappa shape index (κ3) is 10.5. The van der Waals surface area contributed by atoms with Crippen molar-refractivity contribution in [1.29, 1.82) is 0 Å². The Hall–Kier alpha value is -3.88. The molecule has 9 heteroatoms. The molecular weight excluding hydrogens is 534 g/mol. The highest BCUT2D eigenvalue weighted by molar-refractivity contribution is 5.93. The van der Waals surface area contributed by atoms with E-state index in [1.165, 1.54) is 4.90 Å². The third-order valence-corrected chi connectivity index (χ3v) is 6.42. The zero-order valence-electron chi connectivity index (χ0n) is 26.7. The summed E-state index contributed by atoms with van der Waals surface area (Å²) in [7, 11) is 0. The summed E-state index contributed by atoms with van der Waals surface area (Å²) in [5.41, 5.74) is 1.89. The molecule has 0 saturated carbocycles. The molecule has 0 spiro atoms. The molecule has 42 heavy (non-hydrogen) atoms. The first-order chi connectivity index (χ1) is 19.4. The predicted octanol–water partition coefficient (Wildman–Crippen LogP) is 5.18. The lowest BCUT2D eigenvalue weighted by Gasteiger charge is -2.34. The number of benzene rings is 2. The number of likely N-dealkylation sites (N-methyl/N-ethyl adjacent to an activating group) is 1. The van der Waals surface area contributed by atoms with Crippen molar-refractivity contribution >= 4 is 23.9 Å². The van der Waals surface area contributed by atoms with Crippen LogP contribution in [0, 0.1) is 13.8 Å². The maximum Gasteiger partial charge on any atom is 0.408 e. The first kappa shape index (κ1) is 34.3. The molecule has 0 fully saturated rings. The number of amides is 3. The zero-order valence-corrected chi connectivity index (χ0v) is 26.7. The topological polar surface area (TPSA) is 114 Å². The Labute approximate surface area is 250 Å². The minimum atomic E-state index is -1.08. The third-order valence-electron chi connectivity index (χ3n) is 6.42. The molecule has 3 atom stereocenters. The van der Waals surface area contributed by atoms with Gasteiger partial charge in [-0.15, -0.1) is 0 Å². The highest BCUT2D eigenvalue weighted by atomic mass is 16.6. The summed E-state index contributed by atoms with van der Waals surface area (Å²) >= 11 is 0. The van der Waals surface area contributed by atoms with Crippen LogP contribution in [-0.4, -0.2) is 58.6 Å². The van der Waals surface area contributed by atoms with E-state index in [2.05, 4.69) is 10.6 Å². The standard InChI is InChI=1S/C33H47N3O6/c1-11-36(29(38)23(4)34-31(40)42-33(8,9)10)27(25-18-17-21(2)22(3)19-25)28(37)35-26(30(39)41-32(5,6)7)20-24-15-13-12-14-16-24/h12-19,23,26-27H,11,20H2,1-10H3,(H,34,40)(H,35,37). The summed E-state index contributed by atoms with van der Waals surface area (Å²) in [6.07, 6.45) is -0.530. The quantitative estimate of drug-likeness (QED) is 0.374. The van der Waals surface area contributed by atoms with Gasteiger partial charge in [0.25, 0.3) is 0 Å². The number of alkyl carbamates (subject to hydrolysis) is 1. The Kier molecular flexibility index (Phi) is 11.7. The Bertz CT molecular complexity index is 1250. The lowest BCUT2D eigenvalue weighted by Crippen LogP contribution is -2.54. The van der Waals surface area contributed by atoms with Gasteiger partial charge in [0.1, 0.15) is 29.3 Å². The largest absolute Gasteiger partial charge is 0.458 e. The van der Waals surface area contributed by atoms with E-state index >= 15 is 0 Å².